The SMILES string of the molecule is CCCCC(=NC1(C=O)CCCC1)N(C)Cc1ccc(-c2ccccc2[S+]([O-])NC(=O)NCC)c(COCC)c1. The highest BCUT2D eigenvalue weighted by atomic mass is 32.2. The van der Waals surface area contributed by atoms with Crippen molar-refractivity contribution in [3.05, 3.63) is 53.6 Å². The molecule has 2 N–H and O–H groups in total. The first-order valence-electron chi connectivity index (χ1n) is 14.4. The monoisotopic (exact) mass is 568 g/mol. The molecule has 1 fully saturated rings. The molecule has 0 spiro atoms. The number of rotatable bonds is 14. The summed E-state index contributed by atoms with van der Waals surface area (Å²) in [5.74, 6) is 0.975. The first-order chi connectivity index (χ1) is 19.4. The third-order valence-electron chi connectivity index (χ3n) is 7.19. The summed E-state index contributed by atoms with van der Waals surface area (Å²) in [6, 6.07) is 13.2. The minimum Gasteiger partial charge on any atom is -0.588 e. The van der Waals surface area contributed by atoms with E-state index in [1.165, 1.54) is 0 Å². The van der Waals surface area contributed by atoms with Gasteiger partial charge in [-0.25, -0.2) is 4.79 Å². The summed E-state index contributed by atoms with van der Waals surface area (Å²) < 4.78 is 21.4. The Bertz CT molecular complexity index is 1150. The van der Waals surface area contributed by atoms with Crippen molar-refractivity contribution in [2.24, 2.45) is 4.99 Å². The molecule has 2 amide bonds. The zero-order chi connectivity index (χ0) is 29.0. The maximum Gasteiger partial charge on any atom is 0.356 e. The molecule has 0 aromatic heterocycles. The van der Waals surface area contributed by atoms with Crippen molar-refractivity contribution in [2.45, 2.75) is 89.3 Å². The highest BCUT2D eigenvalue weighted by molar-refractivity contribution is 7.90. The molecule has 8 nitrogen and oxygen atoms in total. The van der Waals surface area contributed by atoms with Crippen molar-refractivity contribution in [1.82, 2.24) is 14.9 Å². The van der Waals surface area contributed by atoms with E-state index in [1.807, 2.05) is 45.2 Å². The Hall–Kier alpha value is -2.88. The van der Waals surface area contributed by atoms with Crippen molar-refractivity contribution in [2.75, 3.05) is 20.2 Å². The van der Waals surface area contributed by atoms with Gasteiger partial charge in [0.25, 0.3) is 0 Å². The molecule has 9 heteroatoms. The lowest BCUT2D eigenvalue weighted by Gasteiger charge is -2.26. The van der Waals surface area contributed by atoms with Gasteiger partial charge in [-0.15, -0.1) is 4.72 Å². The number of aliphatic imine (C=N–C) groups is 1. The number of amides is 2. The van der Waals surface area contributed by atoms with Gasteiger partial charge in [0, 0.05) is 38.7 Å². The molecular formula is C31H44N4O4S. The van der Waals surface area contributed by atoms with Crippen LogP contribution in [0.15, 0.2) is 52.4 Å². The van der Waals surface area contributed by atoms with E-state index in [-0.39, 0.29) is 0 Å². The number of urea groups is 1. The molecule has 2 aromatic carbocycles. The van der Waals surface area contributed by atoms with Crippen LogP contribution in [0.5, 0.6) is 0 Å². The topological polar surface area (TPSA) is 106 Å². The second-order valence-corrected chi connectivity index (χ2v) is 11.5. The zero-order valence-corrected chi connectivity index (χ0v) is 25.1. The summed E-state index contributed by atoms with van der Waals surface area (Å²) in [5, 5.41) is 2.62. The largest absolute Gasteiger partial charge is 0.588 e. The van der Waals surface area contributed by atoms with E-state index in [0.29, 0.717) is 31.2 Å². The van der Waals surface area contributed by atoms with Crippen molar-refractivity contribution < 1.29 is 18.9 Å². The van der Waals surface area contributed by atoms with Crippen LogP contribution in [0, 0.1) is 0 Å². The maximum atomic E-state index is 13.1. The number of nitrogens with zero attached hydrogens (tertiary/aromatic N) is 2. The number of ether oxygens (including phenoxy) is 1. The van der Waals surface area contributed by atoms with Crippen molar-refractivity contribution in [3.8, 4) is 11.1 Å². The third kappa shape index (κ3) is 8.56. The summed E-state index contributed by atoms with van der Waals surface area (Å²) in [4.78, 5) is 31.8. The molecule has 1 aliphatic rings. The molecule has 0 saturated heterocycles. The highest BCUT2D eigenvalue weighted by Gasteiger charge is 2.34. The number of carbonyl (C=O) groups excluding carboxylic acids is 2. The lowest BCUT2D eigenvalue weighted by atomic mass is 9.97. The number of hydrogen-bond acceptors (Lipinski definition) is 5. The van der Waals surface area contributed by atoms with Crippen molar-refractivity contribution in [1.29, 1.82) is 0 Å². The molecule has 0 aliphatic heterocycles. The van der Waals surface area contributed by atoms with Crippen molar-refractivity contribution in [3.63, 3.8) is 0 Å². The summed E-state index contributed by atoms with van der Waals surface area (Å²) in [5.41, 5.74) is 3.18. The Kier molecular flexibility index (Phi) is 12.5. The number of carbonyl (C=O) groups is 2. The van der Waals surface area contributed by atoms with Crippen LogP contribution in [0.1, 0.15) is 76.8 Å². The van der Waals surface area contributed by atoms with Gasteiger partial charge in [-0.2, -0.15) is 0 Å². The molecular weight excluding hydrogens is 524 g/mol. The average molecular weight is 569 g/mol. The quantitative estimate of drug-likeness (QED) is 0.130. The molecule has 1 aliphatic carbocycles. The fraction of sp³-hybridized carbons (Fsp3) is 0.516. The van der Waals surface area contributed by atoms with Gasteiger partial charge in [-0.1, -0.05) is 56.5 Å². The summed E-state index contributed by atoms with van der Waals surface area (Å²) in [6.45, 7) is 7.99. The van der Waals surface area contributed by atoms with Gasteiger partial charge in [0.1, 0.15) is 29.0 Å². The molecule has 0 radical (unpaired) electrons. The van der Waals surface area contributed by atoms with Crippen LogP contribution in [-0.4, -0.2) is 53.3 Å². The lowest BCUT2D eigenvalue weighted by Crippen LogP contribution is -2.39. The highest BCUT2D eigenvalue weighted by Crippen LogP contribution is 2.33. The fourth-order valence-corrected chi connectivity index (χ4v) is 5.99. The van der Waals surface area contributed by atoms with Crippen LogP contribution in [0.4, 0.5) is 4.79 Å². The van der Waals surface area contributed by atoms with Gasteiger partial charge in [-0.3, -0.25) is 4.99 Å². The predicted octanol–water partition coefficient (Wildman–Crippen LogP) is 5.76. The van der Waals surface area contributed by atoms with Crippen LogP contribution in [0.3, 0.4) is 0 Å². The van der Waals surface area contributed by atoms with E-state index in [9.17, 15) is 14.1 Å². The Labute approximate surface area is 242 Å². The molecule has 0 heterocycles. The van der Waals surface area contributed by atoms with E-state index in [1.54, 1.807) is 6.07 Å². The molecule has 1 atom stereocenters. The minimum atomic E-state index is -1.73. The van der Waals surface area contributed by atoms with E-state index in [4.69, 9.17) is 9.73 Å². The van der Waals surface area contributed by atoms with E-state index in [2.05, 4.69) is 34.0 Å². The predicted molar refractivity (Wildman–Crippen MR) is 162 cm³/mol. The van der Waals surface area contributed by atoms with Gasteiger partial charge in [0.05, 0.1) is 6.61 Å². The van der Waals surface area contributed by atoms with Crippen LogP contribution in [-0.2, 0) is 34.0 Å². The first-order valence-corrected chi connectivity index (χ1v) is 15.5. The standard InChI is InChI=1S/C31H44N4O4S/c1-5-8-15-29(33-31(23-36)18-11-12-19-31)35(4)21-24-16-17-26(25(20-24)22-39-7-3)27-13-9-10-14-28(27)40(38)34-30(37)32-6-2/h9-10,13-14,16-17,20,23H,5-8,11-12,15,18-19,21-22H2,1-4H3,(H2,32,34,37). The first kappa shape index (κ1) is 31.6. The van der Waals surface area contributed by atoms with Gasteiger partial charge in [0.2, 0.25) is 0 Å². The Morgan fingerprint density at radius 3 is 2.58 bits per heavy atom. The molecule has 218 valence electrons. The third-order valence-corrected chi connectivity index (χ3v) is 8.31. The summed E-state index contributed by atoms with van der Waals surface area (Å²) in [7, 11) is 2.05. The van der Waals surface area contributed by atoms with E-state index >= 15 is 0 Å². The Morgan fingerprint density at radius 2 is 1.90 bits per heavy atom. The van der Waals surface area contributed by atoms with Gasteiger partial charge in [0.15, 0.2) is 4.90 Å². The van der Waals surface area contributed by atoms with Crippen LogP contribution in [0.2, 0.25) is 0 Å². The van der Waals surface area contributed by atoms with E-state index in [0.717, 1.165) is 79.3 Å². The fourth-order valence-electron chi connectivity index (χ4n) is 5.06. The van der Waals surface area contributed by atoms with Gasteiger partial charge >= 0.3 is 6.03 Å². The summed E-state index contributed by atoms with van der Waals surface area (Å²) >= 11 is -1.73. The van der Waals surface area contributed by atoms with Crippen LogP contribution < -0.4 is 10.0 Å². The number of nitrogens with one attached hydrogen (secondary N) is 2. The number of aldehydes is 1. The van der Waals surface area contributed by atoms with Crippen LogP contribution in [0.25, 0.3) is 11.1 Å². The second kappa shape index (κ2) is 15.8. The molecule has 3 rings (SSSR count). The number of hydrogen-bond donors (Lipinski definition) is 2. The molecule has 1 saturated carbocycles. The molecule has 1 unspecified atom stereocenters. The second-order valence-electron chi connectivity index (χ2n) is 10.3. The van der Waals surface area contributed by atoms with Crippen molar-refractivity contribution >= 4 is 29.5 Å². The Morgan fingerprint density at radius 1 is 1.15 bits per heavy atom. The normalized spacial score (nSPS) is 15.5. The maximum absolute atomic E-state index is 13.1. The number of benzene rings is 2. The molecule has 0 bridgehead atoms. The number of amidine groups is 1. The molecule has 2 aromatic rings. The summed E-state index contributed by atoms with van der Waals surface area (Å²) in [6.07, 6.45) is 7.70. The molecule has 40 heavy (non-hydrogen) atoms. The smallest absolute Gasteiger partial charge is 0.356 e. The van der Waals surface area contributed by atoms with Gasteiger partial charge < -0.3 is 24.3 Å². The average Bonchev–Trinajstić information content (AvgIpc) is 3.43. The zero-order valence-electron chi connectivity index (χ0n) is 24.3. The van der Waals surface area contributed by atoms with E-state index < -0.39 is 22.9 Å². The van der Waals surface area contributed by atoms with Crippen LogP contribution >= 0.6 is 0 Å². The van der Waals surface area contributed by atoms with Gasteiger partial charge in [-0.05, 0) is 61.9 Å². The number of unbranched alkanes of at least 4 members (excludes halogenated alkanes) is 1. The minimum absolute atomic E-state index is 0.402. The Balaban J connectivity index is 1.92. The lowest BCUT2D eigenvalue weighted by molar-refractivity contribution is -0.112.